The summed E-state index contributed by atoms with van der Waals surface area (Å²) in [4.78, 5) is 0. The van der Waals surface area contributed by atoms with Crippen LogP contribution in [-0.2, 0) is 0 Å². The highest BCUT2D eigenvalue weighted by Gasteiger charge is 1.98. The van der Waals surface area contributed by atoms with Gasteiger partial charge in [0.1, 0.15) is 5.75 Å². The first-order chi connectivity index (χ1) is 6.72. The molecule has 0 heterocycles. The third kappa shape index (κ3) is 4.51. The fraction of sp³-hybridized carbons (Fsp3) is 0.455. The maximum absolute atomic E-state index is 5.91. The van der Waals surface area contributed by atoms with Gasteiger partial charge in [-0.05, 0) is 47.2 Å². The lowest BCUT2D eigenvalue weighted by atomic mass is 10.3. The van der Waals surface area contributed by atoms with Crippen LogP contribution in [0.2, 0.25) is 5.02 Å². The van der Waals surface area contributed by atoms with Crippen LogP contribution in [0, 0.1) is 3.57 Å². The van der Waals surface area contributed by atoms with Crippen LogP contribution < -0.4 is 4.74 Å². The lowest BCUT2D eigenvalue weighted by molar-refractivity contribution is 0.306. The summed E-state index contributed by atoms with van der Waals surface area (Å²) in [6.45, 7) is 2.96. The van der Waals surface area contributed by atoms with Crippen molar-refractivity contribution in [3.63, 3.8) is 0 Å². The molecule has 0 spiro atoms. The van der Waals surface area contributed by atoms with E-state index in [4.69, 9.17) is 16.3 Å². The fourth-order valence-electron chi connectivity index (χ4n) is 1.15. The lowest BCUT2D eigenvalue weighted by Gasteiger charge is -2.06. The minimum Gasteiger partial charge on any atom is -0.494 e. The van der Waals surface area contributed by atoms with E-state index in [1.165, 1.54) is 12.8 Å². The molecule has 1 aromatic carbocycles. The van der Waals surface area contributed by atoms with E-state index in [-0.39, 0.29) is 0 Å². The summed E-state index contributed by atoms with van der Waals surface area (Å²) in [7, 11) is 0. The maximum Gasteiger partial charge on any atom is 0.121 e. The Labute approximate surface area is 104 Å². The largest absolute Gasteiger partial charge is 0.494 e. The molecule has 3 heteroatoms. The molecule has 0 N–H and O–H groups in total. The van der Waals surface area contributed by atoms with Crippen molar-refractivity contribution in [3.05, 3.63) is 26.8 Å². The van der Waals surface area contributed by atoms with E-state index in [2.05, 4.69) is 29.5 Å². The van der Waals surface area contributed by atoms with Gasteiger partial charge in [0.25, 0.3) is 0 Å². The van der Waals surface area contributed by atoms with Crippen LogP contribution in [0.4, 0.5) is 0 Å². The third-order valence-corrected chi connectivity index (χ3v) is 2.69. The molecule has 0 aliphatic heterocycles. The first kappa shape index (κ1) is 12.1. The van der Waals surface area contributed by atoms with Crippen molar-refractivity contribution in [2.24, 2.45) is 0 Å². The Morgan fingerprint density at radius 2 is 2.07 bits per heavy atom. The van der Waals surface area contributed by atoms with Crippen LogP contribution in [0.1, 0.15) is 26.2 Å². The first-order valence-corrected chi connectivity index (χ1v) is 6.27. The number of rotatable bonds is 5. The van der Waals surface area contributed by atoms with Gasteiger partial charge in [0.2, 0.25) is 0 Å². The average Bonchev–Trinajstić information content (AvgIpc) is 2.11. The van der Waals surface area contributed by atoms with Crippen molar-refractivity contribution in [2.45, 2.75) is 26.2 Å². The molecule has 0 saturated carbocycles. The number of hydrogen-bond donors (Lipinski definition) is 0. The topological polar surface area (TPSA) is 9.23 Å². The molecule has 0 radical (unpaired) electrons. The van der Waals surface area contributed by atoms with Crippen LogP contribution in [0.5, 0.6) is 5.75 Å². The second-order valence-electron chi connectivity index (χ2n) is 3.16. The van der Waals surface area contributed by atoms with E-state index < -0.39 is 0 Å². The normalized spacial score (nSPS) is 10.2. The summed E-state index contributed by atoms with van der Waals surface area (Å²) in [6, 6.07) is 5.77. The molecule has 1 nitrogen and oxygen atoms in total. The van der Waals surface area contributed by atoms with Crippen LogP contribution in [0.25, 0.3) is 0 Å². The van der Waals surface area contributed by atoms with Crippen LogP contribution in [0.3, 0.4) is 0 Å². The average molecular weight is 325 g/mol. The van der Waals surface area contributed by atoms with Crippen LogP contribution >= 0.6 is 34.2 Å². The Morgan fingerprint density at radius 3 is 2.71 bits per heavy atom. The summed E-state index contributed by atoms with van der Waals surface area (Å²) in [5.41, 5.74) is 0. The standard InChI is InChI=1S/C11H14ClIO/c1-2-3-4-5-14-11-7-9(12)6-10(13)8-11/h6-8H,2-5H2,1H3. The van der Waals surface area contributed by atoms with Gasteiger partial charge in [-0.2, -0.15) is 0 Å². The Balaban J connectivity index is 2.42. The van der Waals surface area contributed by atoms with Crippen molar-refractivity contribution in [1.29, 1.82) is 0 Å². The third-order valence-electron chi connectivity index (χ3n) is 1.85. The van der Waals surface area contributed by atoms with Gasteiger partial charge in [-0.25, -0.2) is 0 Å². The molecule has 0 aromatic heterocycles. The molecule has 0 unspecified atom stereocenters. The maximum atomic E-state index is 5.91. The highest BCUT2D eigenvalue weighted by molar-refractivity contribution is 14.1. The quantitative estimate of drug-likeness (QED) is 0.572. The van der Waals surface area contributed by atoms with Gasteiger partial charge in [0.15, 0.2) is 0 Å². The second-order valence-corrected chi connectivity index (χ2v) is 4.84. The van der Waals surface area contributed by atoms with Crippen molar-refractivity contribution in [1.82, 2.24) is 0 Å². The Bertz CT molecular complexity index is 268. The second kappa shape index (κ2) is 6.51. The van der Waals surface area contributed by atoms with Gasteiger partial charge < -0.3 is 4.74 Å². The van der Waals surface area contributed by atoms with Crippen molar-refractivity contribution in [2.75, 3.05) is 6.61 Å². The summed E-state index contributed by atoms with van der Waals surface area (Å²) < 4.78 is 6.69. The zero-order valence-corrected chi connectivity index (χ0v) is 11.1. The molecule has 0 fully saturated rings. The Hall–Kier alpha value is 0.0400. The van der Waals surface area contributed by atoms with E-state index in [0.717, 1.165) is 27.4 Å². The highest BCUT2D eigenvalue weighted by Crippen LogP contribution is 2.22. The number of halogens is 2. The molecule has 0 aliphatic rings. The van der Waals surface area contributed by atoms with E-state index in [1.54, 1.807) is 0 Å². The molecule has 0 bridgehead atoms. The lowest BCUT2D eigenvalue weighted by Crippen LogP contribution is -1.97. The monoisotopic (exact) mass is 324 g/mol. The van der Waals surface area contributed by atoms with Gasteiger partial charge in [-0.3, -0.25) is 0 Å². The smallest absolute Gasteiger partial charge is 0.121 e. The van der Waals surface area contributed by atoms with Crippen LogP contribution in [-0.4, -0.2) is 6.61 Å². The molecule has 14 heavy (non-hydrogen) atoms. The molecule has 78 valence electrons. The van der Waals surface area contributed by atoms with Gasteiger partial charge in [0.05, 0.1) is 6.61 Å². The Morgan fingerprint density at radius 1 is 1.29 bits per heavy atom. The van der Waals surface area contributed by atoms with Gasteiger partial charge in [-0.1, -0.05) is 31.4 Å². The van der Waals surface area contributed by atoms with E-state index in [1.807, 2.05) is 18.2 Å². The first-order valence-electron chi connectivity index (χ1n) is 4.81. The number of unbranched alkanes of at least 4 members (excludes halogenated alkanes) is 2. The zero-order chi connectivity index (χ0) is 10.4. The van der Waals surface area contributed by atoms with E-state index in [0.29, 0.717) is 0 Å². The van der Waals surface area contributed by atoms with Crippen LogP contribution in [0.15, 0.2) is 18.2 Å². The van der Waals surface area contributed by atoms with Gasteiger partial charge >= 0.3 is 0 Å². The number of ether oxygens (including phenoxy) is 1. The molecule has 0 atom stereocenters. The van der Waals surface area contributed by atoms with Crippen molar-refractivity contribution >= 4 is 34.2 Å². The molecule has 0 amide bonds. The summed E-state index contributed by atoms with van der Waals surface area (Å²) in [6.07, 6.45) is 3.55. The predicted molar refractivity (Wildman–Crippen MR) is 69.2 cm³/mol. The van der Waals surface area contributed by atoms with E-state index >= 15 is 0 Å². The molecular formula is C11H14ClIO. The summed E-state index contributed by atoms with van der Waals surface area (Å²) >= 11 is 8.14. The summed E-state index contributed by atoms with van der Waals surface area (Å²) in [5.74, 6) is 0.873. The molecule has 1 aromatic rings. The molecular weight excluding hydrogens is 310 g/mol. The molecule has 0 saturated heterocycles. The SMILES string of the molecule is CCCCCOc1cc(Cl)cc(I)c1. The fourth-order valence-corrected chi connectivity index (χ4v) is 2.21. The minimum atomic E-state index is 0.738. The minimum absolute atomic E-state index is 0.738. The predicted octanol–water partition coefficient (Wildman–Crippen LogP) is 4.51. The molecule has 0 aliphatic carbocycles. The Kier molecular flexibility index (Phi) is 5.63. The van der Waals surface area contributed by atoms with Gasteiger partial charge in [0, 0.05) is 8.59 Å². The number of hydrogen-bond acceptors (Lipinski definition) is 1. The molecule has 1 rings (SSSR count). The van der Waals surface area contributed by atoms with E-state index in [9.17, 15) is 0 Å². The highest BCUT2D eigenvalue weighted by atomic mass is 127. The van der Waals surface area contributed by atoms with Crippen molar-refractivity contribution in [3.8, 4) is 5.75 Å². The van der Waals surface area contributed by atoms with Crippen molar-refractivity contribution < 1.29 is 4.74 Å². The zero-order valence-electron chi connectivity index (χ0n) is 8.22. The number of benzene rings is 1. The van der Waals surface area contributed by atoms with Gasteiger partial charge in [-0.15, -0.1) is 0 Å². The summed E-state index contributed by atoms with van der Waals surface area (Å²) in [5, 5.41) is 0.738.